The minimum absolute atomic E-state index is 0.00900. The zero-order chi connectivity index (χ0) is 15.5. The summed E-state index contributed by atoms with van der Waals surface area (Å²) in [5, 5.41) is 8.62. The largest absolute Gasteiger partial charge is 0.396 e. The number of halogens is 2. The maximum atomic E-state index is 14.0. The monoisotopic (exact) mass is 319 g/mol. The summed E-state index contributed by atoms with van der Waals surface area (Å²) in [7, 11) is -4.11. The lowest BCUT2D eigenvalue weighted by Gasteiger charge is -2.25. The third-order valence-electron chi connectivity index (χ3n) is 2.64. The van der Waals surface area contributed by atoms with Crippen LogP contribution < -0.4 is 5.73 Å². The minimum atomic E-state index is -4.11. The van der Waals surface area contributed by atoms with E-state index in [1.807, 2.05) is 6.07 Å². The fourth-order valence-electron chi connectivity index (χ4n) is 1.71. The highest BCUT2D eigenvalue weighted by molar-refractivity contribution is 7.89. The van der Waals surface area contributed by atoms with Crippen molar-refractivity contribution in [2.75, 3.05) is 12.3 Å². The van der Waals surface area contributed by atoms with E-state index >= 15 is 0 Å². The first-order chi connectivity index (χ1) is 9.21. The van der Waals surface area contributed by atoms with Gasteiger partial charge in [-0.25, -0.2) is 12.8 Å². The molecular formula is C12H15ClFN3O2S. The lowest BCUT2D eigenvalue weighted by Crippen LogP contribution is -2.38. The molecule has 1 aromatic rings. The molecule has 0 heterocycles. The Labute approximate surface area is 122 Å². The number of sulfonamides is 1. The number of rotatable bonds is 5. The van der Waals surface area contributed by atoms with Crippen molar-refractivity contribution in [3.63, 3.8) is 0 Å². The van der Waals surface area contributed by atoms with Crippen LogP contribution in [0.15, 0.2) is 17.0 Å². The topological polar surface area (TPSA) is 87.2 Å². The standard InChI is InChI=1S/C12H15ClFN3O2S/c1-8(2)17(5-3-4-15)20(18,19)11-7-9(13)6-10(16)12(11)14/h6-8H,3,5,16H2,1-2H3. The molecule has 0 aliphatic heterocycles. The van der Waals surface area contributed by atoms with E-state index in [1.165, 1.54) is 0 Å². The van der Waals surface area contributed by atoms with Crippen molar-refractivity contribution in [2.24, 2.45) is 0 Å². The quantitative estimate of drug-likeness (QED) is 0.844. The number of nitrogens with two attached hydrogens (primary N) is 1. The Balaban J connectivity index is 3.38. The second-order valence-electron chi connectivity index (χ2n) is 4.42. The van der Waals surface area contributed by atoms with Gasteiger partial charge in [-0.3, -0.25) is 0 Å². The molecule has 1 aromatic carbocycles. The van der Waals surface area contributed by atoms with Crippen LogP contribution in [0.3, 0.4) is 0 Å². The summed E-state index contributed by atoms with van der Waals surface area (Å²) in [5.41, 5.74) is 5.07. The average Bonchev–Trinajstić information content (AvgIpc) is 2.33. The van der Waals surface area contributed by atoms with Crippen molar-refractivity contribution in [3.8, 4) is 6.07 Å². The van der Waals surface area contributed by atoms with Gasteiger partial charge in [-0.05, 0) is 26.0 Å². The summed E-state index contributed by atoms with van der Waals surface area (Å²) in [6.45, 7) is 3.25. The average molecular weight is 320 g/mol. The van der Waals surface area contributed by atoms with Gasteiger partial charge in [0.05, 0.1) is 11.8 Å². The summed E-state index contributed by atoms with van der Waals surface area (Å²) in [5.74, 6) is -1.03. The second-order valence-corrected chi connectivity index (χ2v) is 6.72. The van der Waals surface area contributed by atoms with E-state index in [0.717, 1.165) is 16.4 Å². The highest BCUT2D eigenvalue weighted by Gasteiger charge is 2.30. The van der Waals surface area contributed by atoms with E-state index in [9.17, 15) is 12.8 Å². The molecule has 0 radical (unpaired) electrons. The van der Waals surface area contributed by atoms with Crippen LogP contribution >= 0.6 is 11.6 Å². The maximum absolute atomic E-state index is 14.0. The van der Waals surface area contributed by atoms with E-state index in [0.29, 0.717) is 0 Å². The number of hydrogen-bond acceptors (Lipinski definition) is 4. The molecule has 0 fully saturated rings. The number of nitriles is 1. The SMILES string of the molecule is CC(C)N(CCC#N)S(=O)(=O)c1cc(Cl)cc(N)c1F. The molecule has 0 aromatic heterocycles. The van der Waals surface area contributed by atoms with Gasteiger partial charge in [-0.1, -0.05) is 11.6 Å². The predicted molar refractivity (Wildman–Crippen MR) is 75.1 cm³/mol. The molecule has 0 saturated heterocycles. The first-order valence-electron chi connectivity index (χ1n) is 5.85. The first kappa shape index (κ1) is 16.7. The van der Waals surface area contributed by atoms with E-state index < -0.39 is 26.8 Å². The van der Waals surface area contributed by atoms with E-state index in [-0.39, 0.29) is 23.7 Å². The summed E-state index contributed by atoms with van der Waals surface area (Å²) >= 11 is 5.73. The normalized spacial score (nSPS) is 11.8. The van der Waals surface area contributed by atoms with Gasteiger partial charge in [0.1, 0.15) is 4.90 Å². The van der Waals surface area contributed by atoms with Gasteiger partial charge >= 0.3 is 0 Å². The molecule has 0 unspecified atom stereocenters. The third-order valence-corrected chi connectivity index (χ3v) is 4.93. The molecule has 2 N–H and O–H groups in total. The number of nitrogen functional groups attached to an aromatic ring is 1. The zero-order valence-electron chi connectivity index (χ0n) is 11.1. The first-order valence-corrected chi connectivity index (χ1v) is 7.67. The van der Waals surface area contributed by atoms with Gasteiger partial charge in [-0.2, -0.15) is 9.57 Å². The van der Waals surface area contributed by atoms with E-state index in [2.05, 4.69) is 0 Å². The fraction of sp³-hybridized carbons (Fsp3) is 0.417. The maximum Gasteiger partial charge on any atom is 0.246 e. The number of hydrogen-bond donors (Lipinski definition) is 1. The van der Waals surface area contributed by atoms with E-state index in [4.69, 9.17) is 22.6 Å². The van der Waals surface area contributed by atoms with Crippen molar-refractivity contribution < 1.29 is 12.8 Å². The second kappa shape index (κ2) is 6.39. The Hall–Kier alpha value is -1.36. The van der Waals surface area contributed by atoms with Crippen LogP contribution in [0.1, 0.15) is 20.3 Å². The zero-order valence-corrected chi connectivity index (χ0v) is 12.7. The van der Waals surface area contributed by atoms with Gasteiger partial charge in [0.15, 0.2) is 5.82 Å². The highest BCUT2D eigenvalue weighted by Crippen LogP contribution is 2.28. The van der Waals surface area contributed by atoms with Crippen LogP contribution in [0.2, 0.25) is 5.02 Å². The van der Waals surface area contributed by atoms with Crippen molar-refractivity contribution in [1.82, 2.24) is 4.31 Å². The van der Waals surface area contributed by atoms with Crippen molar-refractivity contribution in [1.29, 1.82) is 5.26 Å². The molecule has 0 aliphatic carbocycles. The Kier molecular flexibility index (Phi) is 5.34. The minimum Gasteiger partial charge on any atom is -0.396 e. The lowest BCUT2D eigenvalue weighted by atomic mass is 10.3. The van der Waals surface area contributed by atoms with Crippen LogP contribution in [0, 0.1) is 17.1 Å². The molecule has 20 heavy (non-hydrogen) atoms. The molecular weight excluding hydrogens is 305 g/mol. The van der Waals surface area contributed by atoms with Gasteiger partial charge in [0.2, 0.25) is 10.0 Å². The number of benzene rings is 1. The molecule has 0 amide bonds. The Bertz CT molecular complexity index is 641. The smallest absolute Gasteiger partial charge is 0.246 e. The summed E-state index contributed by atoms with van der Waals surface area (Å²) in [6, 6.07) is 3.60. The van der Waals surface area contributed by atoms with Gasteiger partial charge in [-0.15, -0.1) is 0 Å². The van der Waals surface area contributed by atoms with Gasteiger partial charge < -0.3 is 5.73 Å². The fourth-order valence-corrected chi connectivity index (χ4v) is 3.77. The van der Waals surface area contributed by atoms with Gasteiger partial charge in [0, 0.05) is 24.0 Å². The summed E-state index contributed by atoms with van der Waals surface area (Å²) in [6.07, 6.45) is 0.00900. The van der Waals surface area contributed by atoms with Crippen LogP contribution in [0.5, 0.6) is 0 Å². The molecule has 1 rings (SSSR count). The predicted octanol–water partition coefficient (Wildman–Crippen LogP) is 2.37. The Morgan fingerprint density at radius 3 is 2.60 bits per heavy atom. The van der Waals surface area contributed by atoms with Crippen LogP contribution in [0.4, 0.5) is 10.1 Å². The number of nitrogens with zero attached hydrogens (tertiary/aromatic N) is 2. The molecule has 0 aliphatic rings. The van der Waals surface area contributed by atoms with Gasteiger partial charge in [0.25, 0.3) is 0 Å². The molecule has 0 atom stereocenters. The van der Waals surface area contributed by atoms with E-state index in [1.54, 1.807) is 13.8 Å². The molecule has 0 bridgehead atoms. The van der Waals surface area contributed by atoms with Crippen molar-refractivity contribution >= 4 is 27.3 Å². The molecule has 0 spiro atoms. The van der Waals surface area contributed by atoms with Crippen LogP contribution in [0.25, 0.3) is 0 Å². The highest BCUT2D eigenvalue weighted by atomic mass is 35.5. The summed E-state index contributed by atoms with van der Waals surface area (Å²) < 4.78 is 39.9. The third kappa shape index (κ3) is 3.39. The number of anilines is 1. The molecule has 110 valence electrons. The lowest BCUT2D eigenvalue weighted by molar-refractivity contribution is 0.358. The van der Waals surface area contributed by atoms with Crippen LogP contribution in [-0.2, 0) is 10.0 Å². The Morgan fingerprint density at radius 2 is 2.10 bits per heavy atom. The van der Waals surface area contributed by atoms with Crippen molar-refractivity contribution in [3.05, 3.63) is 23.0 Å². The Morgan fingerprint density at radius 1 is 1.50 bits per heavy atom. The summed E-state index contributed by atoms with van der Waals surface area (Å²) in [4.78, 5) is -0.575. The molecule has 8 heteroatoms. The molecule has 5 nitrogen and oxygen atoms in total. The van der Waals surface area contributed by atoms with Crippen LogP contribution in [-0.4, -0.2) is 25.3 Å². The molecule has 0 saturated carbocycles. The van der Waals surface area contributed by atoms with Crippen molar-refractivity contribution in [2.45, 2.75) is 31.2 Å².